The average Bonchev–Trinajstić information content (AvgIpc) is 3.06. The highest BCUT2D eigenvalue weighted by atomic mass is 19.4. The van der Waals surface area contributed by atoms with Crippen molar-refractivity contribution in [3.05, 3.63) is 53.9 Å². The maximum atomic E-state index is 12.5. The lowest BCUT2D eigenvalue weighted by atomic mass is 10.2. The Balaban J connectivity index is 1.93. The second-order valence-electron chi connectivity index (χ2n) is 5.26. The number of hydrogen-bond donors (Lipinski definition) is 1. The van der Waals surface area contributed by atoms with Crippen LogP contribution in [0.15, 0.2) is 42.6 Å². The number of halogens is 3. The fourth-order valence-electron chi connectivity index (χ4n) is 2.21. The molecule has 9 heteroatoms. The highest BCUT2D eigenvalue weighted by Crippen LogP contribution is 2.28. The van der Waals surface area contributed by atoms with Gasteiger partial charge in [-0.05, 0) is 30.7 Å². The second kappa shape index (κ2) is 6.52. The zero-order valence-corrected chi connectivity index (χ0v) is 13.2. The van der Waals surface area contributed by atoms with Gasteiger partial charge in [-0.15, -0.1) is 18.3 Å². The van der Waals surface area contributed by atoms with E-state index in [-0.39, 0.29) is 12.3 Å². The largest absolute Gasteiger partial charge is 0.573 e. The van der Waals surface area contributed by atoms with E-state index < -0.39 is 6.36 Å². The molecule has 2 N–H and O–H groups in total. The number of benzene rings is 1. The van der Waals surface area contributed by atoms with Crippen LogP contribution in [-0.4, -0.2) is 26.3 Å². The molecule has 0 saturated heterocycles. The Morgan fingerprint density at radius 1 is 1.16 bits per heavy atom. The van der Waals surface area contributed by atoms with Crippen LogP contribution in [0.4, 0.5) is 13.2 Å². The number of pyridine rings is 1. The number of nitrogens with two attached hydrogens (primary N) is 1. The molecule has 0 aliphatic heterocycles. The minimum absolute atomic E-state index is 0.287. The summed E-state index contributed by atoms with van der Waals surface area (Å²) in [7, 11) is 0. The van der Waals surface area contributed by atoms with Crippen LogP contribution in [-0.2, 0) is 6.54 Å². The number of nitrogens with zero attached hydrogens (tertiary/aromatic N) is 4. The Kier molecular flexibility index (Phi) is 4.41. The molecule has 0 fully saturated rings. The van der Waals surface area contributed by atoms with Gasteiger partial charge in [0, 0.05) is 12.6 Å². The summed E-state index contributed by atoms with van der Waals surface area (Å²) in [6, 6.07) is 9.73. The molecule has 2 aromatic heterocycles. The predicted octanol–water partition coefficient (Wildman–Crippen LogP) is 3.00. The van der Waals surface area contributed by atoms with Crippen molar-refractivity contribution in [3.8, 4) is 22.8 Å². The average molecular weight is 349 g/mol. The molecule has 0 saturated carbocycles. The van der Waals surface area contributed by atoms with Gasteiger partial charge in [0.25, 0.3) is 0 Å². The molecular weight excluding hydrogens is 335 g/mol. The molecule has 6 nitrogen and oxygen atoms in total. The lowest BCUT2D eigenvalue weighted by Gasteiger charge is -2.12. The lowest BCUT2D eigenvalue weighted by molar-refractivity contribution is -0.274. The SMILES string of the molecule is Cc1ccc(-n2cc(-c3cccc(CN)n3)nn2)cc1OC(F)(F)F. The Labute approximate surface area is 141 Å². The zero-order chi connectivity index (χ0) is 18.0. The Bertz CT molecular complexity index is 891. The smallest absolute Gasteiger partial charge is 0.405 e. The van der Waals surface area contributed by atoms with Crippen LogP contribution in [0.5, 0.6) is 5.75 Å². The predicted molar refractivity (Wildman–Crippen MR) is 83.9 cm³/mol. The van der Waals surface area contributed by atoms with Crippen molar-refractivity contribution >= 4 is 0 Å². The molecule has 0 radical (unpaired) electrons. The molecule has 130 valence electrons. The Morgan fingerprint density at radius 2 is 1.96 bits per heavy atom. The first kappa shape index (κ1) is 16.9. The maximum absolute atomic E-state index is 12.5. The van der Waals surface area contributed by atoms with E-state index in [1.165, 1.54) is 23.7 Å². The standard InChI is InChI=1S/C16H14F3N5O/c1-10-5-6-12(7-15(10)25-16(17,18)19)24-9-14(22-23-24)13-4-2-3-11(8-20)21-13/h2-7,9H,8,20H2,1H3. The molecule has 3 rings (SSSR count). The van der Waals surface area contributed by atoms with Crippen molar-refractivity contribution in [3.63, 3.8) is 0 Å². The third-order valence-electron chi connectivity index (χ3n) is 3.43. The summed E-state index contributed by atoms with van der Waals surface area (Å²) in [5, 5.41) is 7.96. The van der Waals surface area contributed by atoms with Crippen molar-refractivity contribution in [1.82, 2.24) is 20.0 Å². The molecule has 0 spiro atoms. The van der Waals surface area contributed by atoms with E-state index in [4.69, 9.17) is 5.73 Å². The summed E-state index contributed by atoms with van der Waals surface area (Å²) in [4.78, 5) is 4.33. The molecule has 2 heterocycles. The van der Waals surface area contributed by atoms with E-state index >= 15 is 0 Å². The highest BCUT2D eigenvalue weighted by Gasteiger charge is 2.31. The van der Waals surface area contributed by atoms with Crippen LogP contribution in [0, 0.1) is 6.92 Å². The third-order valence-corrected chi connectivity index (χ3v) is 3.43. The Hall–Kier alpha value is -2.94. The molecule has 0 unspecified atom stereocenters. The molecular formula is C16H14F3N5O. The van der Waals surface area contributed by atoms with Gasteiger partial charge < -0.3 is 10.5 Å². The summed E-state index contributed by atoms with van der Waals surface area (Å²) < 4.78 is 42.8. The summed E-state index contributed by atoms with van der Waals surface area (Å²) in [5.41, 5.74) is 8.07. The van der Waals surface area contributed by atoms with Gasteiger partial charge in [-0.1, -0.05) is 17.3 Å². The van der Waals surface area contributed by atoms with Crippen LogP contribution in [0.3, 0.4) is 0 Å². The van der Waals surface area contributed by atoms with Gasteiger partial charge in [0.05, 0.1) is 23.3 Å². The molecule has 1 aromatic carbocycles. The molecule has 0 amide bonds. The number of hydrogen-bond acceptors (Lipinski definition) is 5. The van der Waals surface area contributed by atoms with Gasteiger partial charge in [-0.3, -0.25) is 0 Å². The second-order valence-corrected chi connectivity index (χ2v) is 5.26. The van der Waals surface area contributed by atoms with Gasteiger partial charge in [0.2, 0.25) is 0 Å². The summed E-state index contributed by atoms with van der Waals surface area (Å²) in [5.74, 6) is -0.287. The summed E-state index contributed by atoms with van der Waals surface area (Å²) in [6.07, 6.45) is -3.19. The summed E-state index contributed by atoms with van der Waals surface area (Å²) >= 11 is 0. The number of aromatic nitrogens is 4. The van der Waals surface area contributed by atoms with Crippen molar-refractivity contribution in [2.45, 2.75) is 19.8 Å². The first-order chi connectivity index (χ1) is 11.9. The van der Waals surface area contributed by atoms with E-state index in [0.717, 1.165) is 0 Å². The molecule has 0 bridgehead atoms. The Morgan fingerprint density at radius 3 is 2.68 bits per heavy atom. The van der Waals surface area contributed by atoms with Crippen molar-refractivity contribution in [1.29, 1.82) is 0 Å². The van der Waals surface area contributed by atoms with E-state index in [2.05, 4.69) is 20.0 Å². The monoisotopic (exact) mass is 349 g/mol. The van der Waals surface area contributed by atoms with Crippen LogP contribution >= 0.6 is 0 Å². The summed E-state index contributed by atoms with van der Waals surface area (Å²) in [6.45, 7) is 1.82. The van der Waals surface area contributed by atoms with Crippen LogP contribution in [0.25, 0.3) is 17.1 Å². The molecule has 25 heavy (non-hydrogen) atoms. The first-order valence-electron chi connectivity index (χ1n) is 7.31. The van der Waals surface area contributed by atoms with Gasteiger partial charge in [0.15, 0.2) is 0 Å². The van der Waals surface area contributed by atoms with E-state index in [1.807, 2.05) is 0 Å². The van der Waals surface area contributed by atoms with Crippen molar-refractivity contribution in [2.24, 2.45) is 5.73 Å². The molecule has 0 atom stereocenters. The van der Waals surface area contributed by atoms with Gasteiger partial charge in [-0.2, -0.15) is 0 Å². The van der Waals surface area contributed by atoms with Gasteiger partial charge in [0.1, 0.15) is 11.4 Å². The zero-order valence-electron chi connectivity index (χ0n) is 13.2. The van der Waals surface area contributed by atoms with E-state index in [0.29, 0.717) is 28.3 Å². The minimum atomic E-state index is -4.76. The number of alkyl halides is 3. The maximum Gasteiger partial charge on any atom is 0.573 e. The quantitative estimate of drug-likeness (QED) is 0.783. The number of aryl methyl sites for hydroxylation is 1. The minimum Gasteiger partial charge on any atom is -0.405 e. The van der Waals surface area contributed by atoms with Crippen molar-refractivity contribution < 1.29 is 17.9 Å². The van der Waals surface area contributed by atoms with Gasteiger partial charge in [-0.25, -0.2) is 9.67 Å². The van der Waals surface area contributed by atoms with Crippen LogP contribution in [0.2, 0.25) is 0 Å². The van der Waals surface area contributed by atoms with Gasteiger partial charge >= 0.3 is 6.36 Å². The molecule has 0 aliphatic carbocycles. The third kappa shape index (κ3) is 3.94. The van der Waals surface area contributed by atoms with E-state index in [1.54, 1.807) is 30.5 Å². The number of ether oxygens (including phenoxy) is 1. The number of rotatable bonds is 4. The van der Waals surface area contributed by atoms with E-state index in [9.17, 15) is 13.2 Å². The normalized spacial score (nSPS) is 11.6. The van der Waals surface area contributed by atoms with Crippen LogP contribution in [0.1, 0.15) is 11.3 Å². The fraction of sp³-hybridized carbons (Fsp3) is 0.188. The fourth-order valence-corrected chi connectivity index (χ4v) is 2.21. The highest BCUT2D eigenvalue weighted by molar-refractivity contribution is 5.54. The molecule has 0 aliphatic rings. The van der Waals surface area contributed by atoms with Crippen molar-refractivity contribution in [2.75, 3.05) is 0 Å². The lowest BCUT2D eigenvalue weighted by Crippen LogP contribution is -2.18. The van der Waals surface area contributed by atoms with Crippen LogP contribution < -0.4 is 10.5 Å². The topological polar surface area (TPSA) is 78.9 Å². The molecule has 3 aromatic rings. The first-order valence-corrected chi connectivity index (χ1v) is 7.31.